The largest absolute Gasteiger partial charge is 0.361 e. The zero-order chi connectivity index (χ0) is 16.9. The van der Waals surface area contributed by atoms with Gasteiger partial charge in [-0.1, -0.05) is 19.0 Å². The van der Waals surface area contributed by atoms with Gasteiger partial charge in [-0.25, -0.2) is 0 Å². The Morgan fingerprint density at radius 1 is 1.21 bits per heavy atom. The van der Waals surface area contributed by atoms with Crippen molar-refractivity contribution in [3.8, 4) is 0 Å². The van der Waals surface area contributed by atoms with E-state index in [0.717, 1.165) is 66.9 Å². The molecule has 2 N–H and O–H groups in total. The van der Waals surface area contributed by atoms with Gasteiger partial charge >= 0.3 is 0 Å². The normalized spacial score (nSPS) is 14.0. The van der Waals surface area contributed by atoms with Gasteiger partial charge in [-0.15, -0.1) is 10.2 Å². The number of rotatable bonds is 6. The van der Waals surface area contributed by atoms with Crippen LogP contribution in [-0.4, -0.2) is 32.9 Å². The number of aliphatic imine (C=N–C) groups is 1. The lowest BCUT2D eigenvalue weighted by atomic mass is 10.1. The summed E-state index contributed by atoms with van der Waals surface area (Å²) in [4.78, 5) is 4.28. The minimum Gasteiger partial charge on any atom is -0.361 e. The molecule has 8 nitrogen and oxygen atoms in total. The molecule has 24 heavy (non-hydrogen) atoms. The maximum absolute atomic E-state index is 5.40. The highest BCUT2D eigenvalue weighted by Gasteiger charge is 2.17. The molecule has 0 aromatic carbocycles. The Bertz CT molecular complexity index is 695. The van der Waals surface area contributed by atoms with E-state index < -0.39 is 0 Å². The number of aromatic nitrogens is 4. The van der Waals surface area contributed by atoms with Crippen molar-refractivity contribution in [3.05, 3.63) is 28.7 Å². The second-order valence-electron chi connectivity index (χ2n) is 5.81. The van der Waals surface area contributed by atoms with Crippen molar-refractivity contribution in [3.63, 3.8) is 0 Å². The highest BCUT2D eigenvalue weighted by Crippen LogP contribution is 2.15. The van der Waals surface area contributed by atoms with E-state index in [1.54, 1.807) is 7.05 Å². The smallest absolute Gasteiger partial charge is 0.191 e. The van der Waals surface area contributed by atoms with Crippen LogP contribution in [0.1, 0.15) is 48.9 Å². The molecule has 1 aliphatic rings. The van der Waals surface area contributed by atoms with Crippen LogP contribution in [0.15, 0.2) is 9.52 Å². The number of aryl methyl sites for hydroxylation is 3. The van der Waals surface area contributed by atoms with Gasteiger partial charge in [-0.05, 0) is 12.8 Å². The predicted molar refractivity (Wildman–Crippen MR) is 90.6 cm³/mol. The van der Waals surface area contributed by atoms with E-state index in [4.69, 9.17) is 4.52 Å². The van der Waals surface area contributed by atoms with Crippen LogP contribution in [0, 0.1) is 0 Å². The molecule has 3 rings (SSSR count). The zero-order valence-electron chi connectivity index (χ0n) is 14.6. The molecule has 2 aromatic rings. The summed E-state index contributed by atoms with van der Waals surface area (Å²) >= 11 is 0. The predicted octanol–water partition coefficient (Wildman–Crippen LogP) is 1.20. The number of guanidine groups is 1. The average Bonchev–Trinajstić information content (AvgIpc) is 3.30. The fraction of sp³-hybridized carbons (Fsp3) is 0.625. The molecule has 2 aromatic heterocycles. The van der Waals surface area contributed by atoms with Crippen molar-refractivity contribution in [1.29, 1.82) is 0 Å². The molecule has 1 aliphatic heterocycles. The molecule has 130 valence electrons. The van der Waals surface area contributed by atoms with Crippen molar-refractivity contribution >= 4 is 5.96 Å². The van der Waals surface area contributed by atoms with Crippen LogP contribution in [0.2, 0.25) is 0 Å². The summed E-state index contributed by atoms with van der Waals surface area (Å²) < 4.78 is 7.58. The average molecular weight is 331 g/mol. The molecule has 0 amide bonds. The fourth-order valence-electron chi connectivity index (χ4n) is 3.03. The van der Waals surface area contributed by atoms with E-state index in [2.05, 4.69) is 49.4 Å². The van der Waals surface area contributed by atoms with Gasteiger partial charge in [-0.2, -0.15) is 0 Å². The van der Waals surface area contributed by atoms with E-state index in [9.17, 15) is 0 Å². The first-order valence-corrected chi connectivity index (χ1v) is 8.58. The Morgan fingerprint density at radius 2 is 2.04 bits per heavy atom. The first kappa shape index (κ1) is 16.5. The highest BCUT2D eigenvalue weighted by molar-refractivity contribution is 5.79. The third-order valence-corrected chi connectivity index (χ3v) is 4.36. The Kier molecular flexibility index (Phi) is 5.12. The third kappa shape index (κ3) is 3.27. The molecule has 3 heterocycles. The van der Waals surface area contributed by atoms with E-state index in [-0.39, 0.29) is 0 Å². The van der Waals surface area contributed by atoms with E-state index in [1.165, 1.54) is 0 Å². The van der Waals surface area contributed by atoms with Gasteiger partial charge in [-0.3, -0.25) is 4.99 Å². The summed E-state index contributed by atoms with van der Waals surface area (Å²) in [6, 6.07) is 0. The van der Waals surface area contributed by atoms with Gasteiger partial charge in [0.2, 0.25) is 0 Å². The Labute approximate surface area is 141 Å². The summed E-state index contributed by atoms with van der Waals surface area (Å²) in [5.74, 6) is 3.71. The Hall–Kier alpha value is -2.38. The molecule has 0 saturated heterocycles. The van der Waals surface area contributed by atoms with Crippen LogP contribution in [0.4, 0.5) is 0 Å². The standard InChI is InChI=1S/C16H25N7O/c1-4-12-11(13(5-2)24-22-12)9-18-16(17-3)19-10-15-21-20-14-7-6-8-23(14)15/h4-10H2,1-3H3,(H2,17,18,19). The van der Waals surface area contributed by atoms with Crippen molar-refractivity contribution < 1.29 is 4.52 Å². The monoisotopic (exact) mass is 331 g/mol. The molecule has 0 atom stereocenters. The third-order valence-electron chi connectivity index (χ3n) is 4.36. The maximum atomic E-state index is 5.40. The molecular weight excluding hydrogens is 306 g/mol. The first-order chi connectivity index (χ1) is 11.8. The minimum absolute atomic E-state index is 0.609. The van der Waals surface area contributed by atoms with Crippen LogP contribution in [0.5, 0.6) is 0 Å². The number of nitrogens with zero attached hydrogens (tertiary/aromatic N) is 5. The van der Waals surface area contributed by atoms with Crippen molar-refractivity contribution in [2.24, 2.45) is 4.99 Å². The summed E-state index contributed by atoms with van der Waals surface area (Å²) in [6.45, 7) is 6.42. The van der Waals surface area contributed by atoms with Gasteiger partial charge < -0.3 is 19.7 Å². The molecule has 0 unspecified atom stereocenters. The van der Waals surface area contributed by atoms with Gasteiger partial charge in [0, 0.05) is 38.5 Å². The van der Waals surface area contributed by atoms with Gasteiger partial charge in [0.1, 0.15) is 11.6 Å². The lowest BCUT2D eigenvalue weighted by Crippen LogP contribution is -2.37. The minimum atomic E-state index is 0.609. The Morgan fingerprint density at radius 3 is 2.79 bits per heavy atom. The van der Waals surface area contributed by atoms with Crippen LogP contribution < -0.4 is 10.6 Å². The van der Waals surface area contributed by atoms with Gasteiger partial charge in [0.25, 0.3) is 0 Å². The lowest BCUT2D eigenvalue weighted by Gasteiger charge is -2.12. The molecule has 0 spiro atoms. The summed E-state index contributed by atoms with van der Waals surface area (Å²) in [7, 11) is 1.76. The van der Waals surface area contributed by atoms with E-state index in [0.29, 0.717) is 13.1 Å². The first-order valence-electron chi connectivity index (χ1n) is 8.58. The van der Waals surface area contributed by atoms with E-state index in [1.807, 2.05) is 0 Å². The molecular formula is C16H25N7O. The Balaban J connectivity index is 1.58. The molecule has 0 bridgehead atoms. The topological polar surface area (TPSA) is 93.2 Å². The molecule has 0 aliphatic carbocycles. The molecule has 0 saturated carbocycles. The molecule has 0 fully saturated rings. The van der Waals surface area contributed by atoms with Crippen LogP contribution in [0.25, 0.3) is 0 Å². The molecule has 8 heteroatoms. The zero-order valence-corrected chi connectivity index (χ0v) is 14.6. The highest BCUT2D eigenvalue weighted by atomic mass is 16.5. The van der Waals surface area contributed by atoms with Crippen LogP contribution in [0.3, 0.4) is 0 Å². The quantitative estimate of drug-likeness (QED) is 0.610. The van der Waals surface area contributed by atoms with Crippen LogP contribution >= 0.6 is 0 Å². The van der Waals surface area contributed by atoms with Crippen LogP contribution in [-0.2, 0) is 38.9 Å². The SMILES string of the molecule is CCc1noc(CC)c1CNC(=NC)NCc1nnc2n1CCC2. The summed E-state index contributed by atoms with van der Waals surface area (Å²) in [5.41, 5.74) is 2.14. The number of hydrogen-bond donors (Lipinski definition) is 2. The number of nitrogens with one attached hydrogen (secondary N) is 2. The number of hydrogen-bond acceptors (Lipinski definition) is 5. The summed E-state index contributed by atoms with van der Waals surface area (Å²) in [6.07, 6.45) is 3.87. The van der Waals surface area contributed by atoms with Gasteiger partial charge in [0.05, 0.1) is 12.2 Å². The maximum Gasteiger partial charge on any atom is 0.191 e. The number of fused-ring (bicyclic) bond motifs is 1. The fourth-order valence-corrected chi connectivity index (χ4v) is 3.03. The second kappa shape index (κ2) is 7.46. The van der Waals surface area contributed by atoms with Crippen molar-refractivity contribution in [1.82, 2.24) is 30.6 Å². The van der Waals surface area contributed by atoms with Gasteiger partial charge in [0.15, 0.2) is 11.8 Å². The molecule has 0 radical (unpaired) electrons. The summed E-state index contributed by atoms with van der Waals surface area (Å²) in [5, 5.41) is 19.3. The second-order valence-corrected chi connectivity index (χ2v) is 5.81. The lowest BCUT2D eigenvalue weighted by molar-refractivity contribution is 0.380. The van der Waals surface area contributed by atoms with Crippen molar-refractivity contribution in [2.45, 2.75) is 59.2 Å². The van der Waals surface area contributed by atoms with Crippen molar-refractivity contribution in [2.75, 3.05) is 7.05 Å². The van der Waals surface area contributed by atoms with E-state index >= 15 is 0 Å².